The van der Waals surface area contributed by atoms with Gasteiger partial charge in [-0.2, -0.15) is 5.26 Å². The molecule has 0 heterocycles. The number of nitriles is 1. The second-order valence-electron chi connectivity index (χ2n) is 8.67. The van der Waals surface area contributed by atoms with Crippen LogP contribution in [-0.2, 0) is 16.0 Å². The first-order valence-corrected chi connectivity index (χ1v) is 9.31. The molecule has 5 aliphatic carbocycles. The molecule has 0 N–H and O–H groups in total. The van der Waals surface area contributed by atoms with E-state index in [4.69, 9.17) is 4.74 Å². The Morgan fingerprint density at radius 2 is 1.68 bits per heavy atom. The maximum absolute atomic E-state index is 13.1. The molecule has 5 aliphatic rings. The van der Waals surface area contributed by atoms with E-state index in [0.29, 0.717) is 23.3 Å². The van der Waals surface area contributed by atoms with Crippen molar-refractivity contribution < 1.29 is 14.3 Å². The SMILES string of the molecule is N#C[C@]1(C(=O)OC23CC4CC(CC(C4)C2)C3)Cc2ccccc2C1=O. The van der Waals surface area contributed by atoms with Crippen molar-refractivity contribution in [2.45, 2.75) is 50.5 Å². The largest absolute Gasteiger partial charge is 0.458 e. The molecule has 1 aromatic carbocycles. The number of carbonyl (C=O) groups excluding carboxylic acids is 2. The van der Waals surface area contributed by atoms with E-state index in [1.54, 1.807) is 12.1 Å². The van der Waals surface area contributed by atoms with E-state index in [-0.39, 0.29) is 12.2 Å². The molecular formula is C21H21NO3. The van der Waals surface area contributed by atoms with Gasteiger partial charge in [-0.25, -0.2) is 4.79 Å². The van der Waals surface area contributed by atoms with Gasteiger partial charge in [-0.3, -0.25) is 4.79 Å². The van der Waals surface area contributed by atoms with Gasteiger partial charge >= 0.3 is 5.97 Å². The number of Topliss-reactive ketones (excluding diaryl/α,β-unsaturated/α-hetero) is 1. The average Bonchev–Trinajstić information content (AvgIpc) is 2.87. The van der Waals surface area contributed by atoms with Crippen LogP contribution in [0.5, 0.6) is 0 Å². The lowest BCUT2D eigenvalue weighted by Gasteiger charge is -2.56. The predicted molar refractivity (Wildman–Crippen MR) is 89.5 cm³/mol. The zero-order valence-electron chi connectivity index (χ0n) is 14.2. The van der Waals surface area contributed by atoms with Gasteiger partial charge in [0.2, 0.25) is 5.41 Å². The van der Waals surface area contributed by atoms with E-state index >= 15 is 0 Å². The van der Waals surface area contributed by atoms with E-state index in [0.717, 1.165) is 24.8 Å². The fourth-order valence-electron chi connectivity index (χ4n) is 6.23. The minimum atomic E-state index is -1.69. The zero-order chi connectivity index (χ0) is 17.2. The first-order chi connectivity index (χ1) is 12.0. The molecule has 6 rings (SSSR count). The van der Waals surface area contributed by atoms with Gasteiger partial charge in [0.05, 0.1) is 6.07 Å². The highest BCUT2D eigenvalue weighted by molar-refractivity contribution is 6.18. The average molecular weight is 335 g/mol. The second kappa shape index (κ2) is 4.94. The van der Waals surface area contributed by atoms with Crippen molar-refractivity contribution >= 4 is 11.8 Å². The van der Waals surface area contributed by atoms with Gasteiger partial charge in [-0.1, -0.05) is 24.3 Å². The van der Waals surface area contributed by atoms with Crippen LogP contribution in [0.4, 0.5) is 0 Å². The first-order valence-electron chi connectivity index (χ1n) is 9.31. The van der Waals surface area contributed by atoms with Crippen LogP contribution in [-0.4, -0.2) is 17.4 Å². The van der Waals surface area contributed by atoms with Crippen molar-refractivity contribution in [3.8, 4) is 6.07 Å². The van der Waals surface area contributed by atoms with Crippen LogP contribution in [0.25, 0.3) is 0 Å². The van der Waals surface area contributed by atoms with E-state index in [2.05, 4.69) is 0 Å². The lowest BCUT2D eigenvalue weighted by molar-refractivity contribution is -0.192. The van der Waals surface area contributed by atoms with Crippen LogP contribution < -0.4 is 0 Å². The van der Waals surface area contributed by atoms with Gasteiger partial charge in [0.1, 0.15) is 5.60 Å². The normalized spacial score (nSPS) is 40.6. The summed E-state index contributed by atoms with van der Waals surface area (Å²) >= 11 is 0. The van der Waals surface area contributed by atoms with Crippen LogP contribution in [0.2, 0.25) is 0 Å². The van der Waals surface area contributed by atoms with Gasteiger partial charge in [0.15, 0.2) is 5.78 Å². The number of esters is 1. The summed E-state index contributed by atoms with van der Waals surface area (Å²) in [7, 11) is 0. The molecular weight excluding hydrogens is 314 g/mol. The van der Waals surface area contributed by atoms with Crippen LogP contribution in [0.15, 0.2) is 24.3 Å². The molecule has 4 nitrogen and oxygen atoms in total. The van der Waals surface area contributed by atoms with Gasteiger partial charge < -0.3 is 4.74 Å². The van der Waals surface area contributed by atoms with Gasteiger partial charge in [0, 0.05) is 12.0 Å². The fraction of sp³-hybridized carbons (Fsp3) is 0.571. The Bertz CT molecular complexity index is 785. The molecule has 4 heteroatoms. The van der Waals surface area contributed by atoms with Crippen LogP contribution in [0, 0.1) is 34.5 Å². The summed E-state index contributed by atoms with van der Waals surface area (Å²) in [6, 6.07) is 9.17. The number of ketones is 1. The molecule has 1 atom stereocenters. The van der Waals surface area contributed by atoms with E-state index in [1.165, 1.54) is 19.3 Å². The van der Waals surface area contributed by atoms with E-state index in [9.17, 15) is 14.9 Å². The smallest absolute Gasteiger partial charge is 0.335 e. The number of carbonyl (C=O) groups is 2. The minimum absolute atomic E-state index is 0.143. The molecule has 0 radical (unpaired) electrons. The quantitative estimate of drug-likeness (QED) is 0.613. The summed E-state index contributed by atoms with van der Waals surface area (Å²) in [5.41, 5.74) is -0.847. The first kappa shape index (κ1) is 15.1. The molecule has 0 aromatic heterocycles. The molecule has 0 saturated heterocycles. The topological polar surface area (TPSA) is 67.2 Å². The molecule has 128 valence electrons. The molecule has 0 spiro atoms. The van der Waals surface area contributed by atoms with Crippen molar-refractivity contribution in [2.24, 2.45) is 23.2 Å². The molecule has 4 saturated carbocycles. The van der Waals surface area contributed by atoms with Crippen molar-refractivity contribution in [1.82, 2.24) is 0 Å². The summed E-state index contributed by atoms with van der Waals surface area (Å²) in [6.07, 6.45) is 6.64. The summed E-state index contributed by atoms with van der Waals surface area (Å²) in [5.74, 6) is 0.939. The number of ether oxygens (including phenoxy) is 1. The molecule has 0 aliphatic heterocycles. The summed E-state index contributed by atoms with van der Waals surface area (Å²) in [4.78, 5) is 25.9. The van der Waals surface area contributed by atoms with E-state index in [1.807, 2.05) is 18.2 Å². The van der Waals surface area contributed by atoms with Crippen LogP contribution >= 0.6 is 0 Å². The number of benzene rings is 1. The summed E-state index contributed by atoms with van der Waals surface area (Å²) in [6.45, 7) is 0. The van der Waals surface area contributed by atoms with Crippen LogP contribution in [0.1, 0.15) is 54.4 Å². The Labute approximate surface area is 147 Å². The minimum Gasteiger partial charge on any atom is -0.458 e. The predicted octanol–water partition coefficient (Wildman–Crippen LogP) is 3.45. The third kappa shape index (κ3) is 2.05. The maximum atomic E-state index is 13.1. The second-order valence-corrected chi connectivity index (χ2v) is 8.67. The van der Waals surface area contributed by atoms with Crippen molar-refractivity contribution in [2.75, 3.05) is 0 Å². The highest BCUT2D eigenvalue weighted by Crippen LogP contribution is 2.57. The van der Waals surface area contributed by atoms with Gasteiger partial charge in [-0.05, 0) is 61.8 Å². The Morgan fingerprint density at radius 1 is 1.08 bits per heavy atom. The molecule has 0 unspecified atom stereocenters. The third-order valence-electron chi connectivity index (χ3n) is 6.94. The molecule has 4 bridgehead atoms. The zero-order valence-corrected chi connectivity index (χ0v) is 14.2. The van der Waals surface area contributed by atoms with Crippen molar-refractivity contribution in [3.05, 3.63) is 35.4 Å². The number of hydrogen-bond acceptors (Lipinski definition) is 4. The number of hydrogen-bond donors (Lipinski definition) is 0. The Kier molecular flexibility index (Phi) is 2.99. The number of fused-ring (bicyclic) bond motifs is 1. The Morgan fingerprint density at radius 3 is 2.24 bits per heavy atom. The third-order valence-corrected chi connectivity index (χ3v) is 6.94. The highest BCUT2D eigenvalue weighted by atomic mass is 16.6. The van der Waals surface area contributed by atoms with E-state index < -0.39 is 17.0 Å². The molecule has 1 aromatic rings. The standard InChI is InChI=1S/C21H21NO3/c22-12-21(11-16-3-1-2-4-17(16)18(21)23)19(24)25-20-8-13-5-14(9-20)7-15(6-13)10-20/h1-4,13-15H,5-11H2/t13?,14?,15?,20?,21-/m1/s1. The molecule has 25 heavy (non-hydrogen) atoms. The maximum Gasteiger partial charge on any atom is 0.335 e. The molecule has 0 amide bonds. The number of nitrogens with zero attached hydrogens (tertiary/aromatic N) is 1. The van der Waals surface area contributed by atoms with Gasteiger partial charge in [-0.15, -0.1) is 0 Å². The monoisotopic (exact) mass is 335 g/mol. The summed E-state index contributed by atoms with van der Waals surface area (Å²) in [5, 5.41) is 9.77. The fourth-order valence-corrected chi connectivity index (χ4v) is 6.23. The lowest BCUT2D eigenvalue weighted by atomic mass is 9.54. The summed E-state index contributed by atoms with van der Waals surface area (Å²) < 4.78 is 6.05. The van der Waals surface area contributed by atoms with Crippen LogP contribution in [0.3, 0.4) is 0 Å². The van der Waals surface area contributed by atoms with Gasteiger partial charge in [0.25, 0.3) is 0 Å². The Balaban J connectivity index is 1.45. The highest BCUT2D eigenvalue weighted by Gasteiger charge is 2.58. The van der Waals surface area contributed by atoms with Crippen molar-refractivity contribution in [3.63, 3.8) is 0 Å². The Hall–Kier alpha value is -2.15. The molecule has 4 fully saturated rings. The number of rotatable bonds is 2. The van der Waals surface area contributed by atoms with Crippen molar-refractivity contribution in [1.29, 1.82) is 5.26 Å². The lowest BCUT2D eigenvalue weighted by Crippen LogP contribution is -2.54.